The predicted molar refractivity (Wildman–Crippen MR) is 83.3 cm³/mol. The van der Waals surface area contributed by atoms with Gasteiger partial charge in [0.15, 0.2) is 0 Å². The molecule has 2 aromatic rings. The minimum Gasteiger partial charge on any atom is -0.351 e. The average Bonchev–Trinajstić information content (AvgIpc) is 2.99. The summed E-state index contributed by atoms with van der Waals surface area (Å²) >= 11 is 1.66. The maximum atomic E-state index is 12.1. The molecule has 4 nitrogen and oxygen atoms in total. The zero-order valence-electron chi connectivity index (χ0n) is 11.8. The Bertz CT molecular complexity index is 560. The van der Waals surface area contributed by atoms with Gasteiger partial charge < -0.3 is 15.2 Å². The van der Waals surface area contributed by atoms with Gasteiger partial charge in [-0.2, -0.15) is 0 Å². The third kappa shape index (κ3) is 3.04. The van der Waals surface area contributed by atoms with Gasteiger partial charge in [0.1, 0.15) is 5.69 Å². The second-order valence-electron chi connectivity index (χ2n) is 5.70. The summed E-state index contributed by atoms with van der Waals surface area (Å²) in [6, 6.07) is 3.94. The molecule has 108 valence electrons. The Balaban J connectivity index is 1.48. The topological polar surface area (TPSA) is 48.1 Å². The van der Waals surface area contributed by atoms with Crippen molar-refractivity contribution in [2.75, 3.05) is 26.7 Å². The zero-order chi connectivity index (χ0) is 13.9. The molecule has 0 aliphatic carbocycles. The van der Waals surface area contributed by atoms with Crippen LogP contribution in [-0.4, -0.2) is 42.5 Å². The van der Waals surface area contributed by atoms with Crippen LogP contribution in [0.15, 0.2) is 17.5 Å². The van der Waals surface area contributed by atoms with Gasteiger partial charge in [-0.1, -0.05) is 0 Å². The molecule has 5 heteroatoms. The third-order valence-corrected chi connectivity index (χ3v) is 4.91. The van der Waals surface area contributed by atoms with Crippen molar-refractivity contribution in [1.29, 1.82) is 0 Å². The molecule has 0 radical (unpaired) electrons. The Morgan fingerprint density at radius 2 is 2.50 bits per heavy atom. The summed E-state index contributed by atoms with van der Waals surface area (Å²) in [5, 5.41) is 5.06. The van der Waals surface area contributed by atoms with Gasteiger partial charge in [0.2, 0.25) is 0 Å². The van der Waals surface area contributed by atoms with Gasteiger partial charge in [-0.05, 0) is 56.3 Å². The summed E-state index contributed by atoms with van der Waals surface area (Å²) in [7, 11) is 2.18. The Morgan fingerprint density at radius 3 is 3.30 bits per heavy atom. The Labute approximate surface area is 123 Å². The van der Waals surface area contributed by atoms with E-state index in [1.165, 1.54) is 19.4 Å². The maximum Gasteiger partial charge on any atom is 0.267 e. The second-order valence-corrected chi connectivity index (χ2v) is 6.64. The van der Waals surface area contributed by atoms with Crippen LogP contribution in [0.25, 0.3) is 10.2 Å². The summed E-state index contributed by atoms with van der Waals surface area (Å²) < 4.78 is 1.14. The molecular formula is C15H21N3OS. The van der Waals surface area contributed by atoms with Gasteiger partial charge >= 0.3 is 0 Å². The average molecular weight is 291 g/mol. The first-order valence-electron chi connectivity index (χ1n) is 7.25. The van der Waals surface area contributed by atoms with Crippen LogP contribution in [0, 0.1) is 5.92 Å². The van der Waals surface area contributed by atoms with Crippen molar-refractivity contribution >= 4 is 27.5 Å². The molecule has 0 bridgehead atoms. The summed E-state index contributed by atoms with van der Waals surface area (Å²) in [5.74, 6) is 0.735. The maximum absolute atomic E-state index is 12.1. The highest BCUT2D eigenvalue weighted by Crippen LogP contribution is 2.21. The van der Waals surface area contributed by atoms with E-state index in [1.807, 2.05) is 17.5 Å². The molecular weight excluding hydrogens is 270 g/mol. The quantitative estimate of drug-likeness (QED) is 0.910. The minimum atomic E-state index is 0.0116. The van der Waals surface area contributed by atoms with Gasteiger partial charge in [0.25, 0.3) is 5.91 Å². The van der Waals surface area contributed by atoms with E-state index in [2.05, 4.69) is 22.2 Å². The Hall–Kier alpha value is -1.33. The van der Waals surface area contributed by atoms with Crippen LogP contribution in [0.5, 0.6) is 0 Å². The smallest absolute Gasteiger partial charge is 0.267 e. The number of H-pyrrole nitrogens is 1. The molecule has 3 rings (SSSR count). The van der Waals surface area contributed by atoms with Crippen LogP contribution in [0.1, 0.15) is 29.8 Å². The van der Waals surface area contributed by atoms with Crippen molar-refractivity contribution in [1.82, 2.24) is 15.2 Å². The Morgan fingerprint density at radius 1 is 1.60 bits per heavy atom. The number of aromatic nitrogens is 1. The van der Waals surface area contributed by atoms with Crippen molar-refractivity contribution in [3.05, 3.63) is 23.2 Å². The number of piperidine rings is 1. The molecule has 20 heavy (non-hydrogen) atoms. The number of fused-ring (bicyclic) bond motifs is 1. The predicted octanol–water partition coefficient (Wildman–Crippen LogP) is 2.69. The largest absolute Gasteiger partial charge is 0.351 e. The normalized spacial score (nSPS) is 20.4. The Kier molecular flexibility index (Phi) is 4.08. The van der Waals surface area contributed by atoms with Crippen LogP contribution < -0.4 is 5.32 Å². The van der Waals surface area contributed by atoms with Crippen molar-refractivity contribution in [3.8, 4) is 0 Å². The lowest BCUT2D eigenvalue weighted by atomic mass is 9.95. The first kappa shape index (κ1) is 13.6. The van der Waals surface area contributed by atoms with Crippen molar-refractivity contribution in [3.63, 3.8) is 0 Å². The highest BCUT2D eigenvalue weighted by molar-refractivity contribution is 7.17. The molecule has 3 heterocycles. The molecule has 0 saturated carbocycles. The first-order chi connectivity index (χ1) is 9.72. The monoisotopic (exact) mass is 291 g/mol. The number of nitrogens with zero attached hydrogens (tertiary/aromatic N) is 1. The first-order valence-corrected chi connectivity index (χ1v) is 8.13. The summed E-state index contributed by atoms with van der Waals surface area (Å²) in [5.41, 5.74) is 1.72. The van der Waals surface area contributed by atoms with Gasteiger partial charge in [-0.25, -0.2) is 0 Å². The lowest BCUT2D eigenvalue weighted by Crippen LogP contribution is -2.34. The van der Waals surface area contributed by atoms with Crippen molar-refractivity contribution < 1.29 is 4.79 Å². The van der Waals surface area contributed by atoms with Crippen molar-refractivity contribution in [2.45, 2.75) is 19.3 Å². The summed E-state index contributed by atoms with van der Waals surface area (Å²) in [4.78, 5) is 17.6. The van der Waals surface area contributed by atoms with Crippen LogP contribution in [0.4, 0.5) is 0 Å². The van der Waals surface area contributed by atoms with Crippen LogP contribution in [0.2, 0.25) is 0 Å². The van der Waals surface area contributed by atoms with Gasteiger partial charge in [0, 0.05) is 13.1 Å². The molecule has 1 atom stereocenters. The fourth-order valence-corrected chi connectivity index (χ4v) is 3.75. The van der Waals surface area contributed by atoms with E-state index < -0.39 is 0 Å². The minimum absolute atomic E-state index is 0.0116. The summed E-state index contributed by atoms with van der Waals surface area (Å²) in [6.07, 6.45) is 3.64. The number of hydrogen-bond donors (Lipinski definition) is 2. The lowest BCUT2D eigenvalue weighted by molar-refractivity contribution is 0.0944. The summed E-state index contributed by atoms with van der Waals surface area (Å²) in [6.45, 7) is 3.14. The SMILES string of the molecule is CN1CCC[C@@H](CCNC(=O)c2cc3sccc3[nH]2)C1. The molecule has 0 spiro atoms. The van der Waals surface area contributed by atoms with Crippen LogP contribution >= 0.6 is 11.3 Å². The fourth-order valence-electron chi connectivity index (χ4n) is 2.96. The van der Waals surface area contributed by atoms with E-state index in [0.717, 1.165) is 35.6 Å². The molecule has 0 aromatic carbocycles. The number of aromatic amines is 1. The number of carbonyl (C=O) groups excluding carboxylic acids is 1. The zero-order valence-corrected chi connectivity index (χ0v) is 12.6. The number of hydrogen-bond acceptors (Lipinski definition) is 3. The van der Waals surface area contributed by atoms with Gasteiger partial charge in [-0.3, -0.25) is 4.79 Å². The standard InChI is InChI=1S/C15H21N3OS/c1-18-7-2-3-11(10-18)4-6-16-15(19)13-9-14-12(17-13)5-8-20-14/h5,8-9,11,17H,2-4,6-7,10H2,1H3,(H,16,19)/t11-/m0/s1. The molecule has 2 N–H and O–H groups in total. The molecule has 1 saturated heterocycles. The fraction of sp³-hybridized carbons (Fsp3) is 0.533. The van der Waals surface area contributed by atoms with E-state index in [9.17, 15) is 4.79 Å². The van der Waals surface area contributed by atoms with Gasteiger partial charge in [-0.15, -0.1) is 11.3 Å². The number of likely N-dealkylation sites (tertiary alicyclic amines) is 1. The molecule has 2 aromatic heterocycles. The highest BCUT2D eigenvalue weighted by atomic mass is 32.1. The van der Waals surface area contributed by atoms with Crippen LogP contribution in [0.3, 0.4) is 0 Å². The molecule has 1 amide bonds. The van der Waals surface area contributed by atoms with E-state index in [0.29, 0.717) is 5.69 Å². The third-order valence-electron chi connectivity index (χ3n) is 4.04. The van der Waals surface area contributed by atoms with E-state index in [-0.39, 0.29) is 5.91 Å². The molecule has 1 aliphatic rings. The second kappa shape index (κ2) is 5.97. The molecule has 0 unspecified atom stereocenters. The van der Waals surface area contributed by atoms with Crippen molar-refractivity contribution in [2.24, 2.45) is 5.92 Å². The number of rotatable bonds is 4. The molecule has 1 aliphatic heterocycles. The van der Waals surface area contributed by atoms with Gasteiger partial charge in [0.05, 0.1) is 10.2 Å². The molecule has 1 fully saturated rings. The van der Waals surface area contributed by atoms with E-state index >= 15 is 0 Å². The van der Waals surface area contributed by atoms with E-state index in [4.69, 9.17) is 0 Å². The van der Waals surface area contributed by atoms with E-state index in [1.54, 1.807) is 11.3 Å². The lowest BCUT2D eigenvalue weighted by Gasteiger charge is -2.29. The number of carbonyl (C=O) groups is 1. The number of amides is 1. The van der Waals surface area contributed by atoms with Crippen LogP contribution in [-0.2, 0) is 0 Å². The number of nitrogens with one attached hydrogen (secondary N) is 2. The number of thiophene rings is 1. The highest BCUT2D eigenvalue weighted by Gasteiger charge is 2.17.